The summed E-state index contributed by atoms with van der Waals surface area (Å²) in [5, 5.41) is 7.58. The van der Waals surface area contributed by atoms with Crippen LogP contribution >= 0.6 is 23.4 Å². The molecule has 3 heterocycles. The van der Waals surface area contributed by atoms with E-state index >= 15 is 0 Å². The number of hydrogen-bond donors (Lipinski definition) is 1. The first kappa shape index (κ1) is 22.9. The summed E-state index contributed by atoms with van der Waals surface area (Å²) in [5.74, 6) is 0.191. The van der Waals surface area contributed by atoms with Crippen LogP contribution in [0.1, 0.15) is 11.4 Å². The second-order valence-electron chi connectivity index (χ2n) is 7.14. The predicted octanol–water partition coefficient (Wildman–Crippen LogP) is 2.15. The van der Waals surface area contributed by atoms with Gasteiger partial charge < -0.3 is 10.1 Å². The first-order valence-corrected chi connectivity index (χ1v) is 12.6. The molecule has 13 heteroatoms. The smallest absolute Gasteiger partial charge is 0.253 e. The number of ether oxygens (including phenoxy) is 1. The maximum Gasteiger partial charge on any atom is 0.253 e. The van der Waals surface area contributed by atoms with Gasteiger partial charge in [0.05, 0.1) is 24.0 Å². The number of anilines is 1. The third kappa shape index (κ3) is 4.89. The SMILES string of the molecule is Cc1cc(C)n2nc(SCC(=O)Nc3ccc(Cl)c(S(=O)(=O)N4CCOCC4)c3)nc2n1. The third-order valence-corrected chi connectivity index (χ3v) is 7.95. The highest BCUT2D eigenvalue weighted by Crippen LogP contribution is 2.28. The number of nitrogens with one attached hydrogen (secondary N) is 1. The highest BCUT2D eigenvalue weighted by molar-refractivity contribution is 7.99. The number of aryl methyl sites for hydroxylation is 2. The lowest BCUT2D eigenvalue weighted by Crippen LogP contribution is -2.40. The van der Waals surface area contributed by atoms with Crippen molar-refractivity contribution >= 4 is 50.8 Å². The molecule has 0 radical (unpaired) electrons. The minimum Gasteiger partial charge on any atom is -0.379 e. The number of morpholine rings is 1. The average Bonchev–Trinajstić information content (AvgIpc) is 3.17. The molecule has 2 aromatic heterocycles. The zero-order chi connectivity index (χ0) is 22.9. The van der Waals surface area contributed by atoms with Gasteiger partial charge >= 0.3 is 0 Å². The fourth-order valence-electron chi connectivity index (χ4n) is 3.24. The van der Waals surface area contributed by atoms with E-state index in [0.29, 0.717) is 29.8 Å². The molecular formula is C19H21ClN6O4S2. The lowest BCUT2D eigenvalue weighted by molar-refractivity contribution is -0.113. The van der Waals surface area contributed by atoms with Crippen LogP contribution in [0.15, 0.2) is 34.3 Å². The number of hydrogen-bond acceptors (Lipinski definition) is 8. The van der Waals surface area contributed by atoms with Crippen molar-refractivity contribution in [2.45, 2.75) is 23.9 Å². The van der Waals surface area contributed by atoms with Gasteiger partial charge in [0.2, 0.25) is 21.1 Å². The standard InChI is InChI=1S/C19H21ClN6O4S2/c1-12-9-13(2)26-18(21-12)23-19(24-26)31-11-17(27)22-14-3-4-15(20)16(10-14)32(28,29)25-5-7-30-8-6-25/h3-4,9-10H,5-8,11H2,1-2H3,(H,22,27). The Morgan fingerprint density at radius 2 is 1.97 bits per heavy atom. The highest BCUT2D eigenvalue weighted by atomic mass is 35.5. The molecule has 1 amide bonds. The Bertz CT molecular complexity index is 1270. The molecule has 1 aromatic carbocycles. The number of amides is 1. The first-order chi connectivity index (χ1) is 15.2. The highest BCUT2D eigenvalue weighted by Gasteiger charge is 2.28. The summed E-state index contributed by atoms with van der Waals surface area (Å²) >= 11 is 7.32. The second-order valence-corrected chi connectivity index (χ2v) is 10.4. The van der Waals surface area contributed by atoms with Crippen LogP contribution in [0.2, 0.25) is 5.02 Å². The lowest BCUT2D eigenvalue weighted by Gasteiger charge is -2.26. The largest absolute Gasteiger partial charge is 0.379 e. The maximum absolute atomic E-state index is 12.9. The molecule has 0 saturated carbocycles. The van der Waals surface area contributed by atoms with Gasteiger partial charge in [-0.15, -0.1) is 5.10 Å². The molecule has 0 unspecified atom stereocenters. The average molecular weight is 497 g/mol. The summed E-state index contributed by atoms with van der Waals surface area (Å²) in [6.45, 7) is 4.95. The number of aromatic nitrogens is 4. The minimum absolute atomic E-state index is 0.0447. The van der Waals surface area contributed by atoms with E-state index in [1.54, 1.807) is 10.6 Å². The van der Waals surface area contributed by atoms with Crippen LogP contribution in [-0.2, 0) is 19.6 Å². The van der Waals surface area contributed by atoms with Gasteiger partial charge in [0.1, 0.15) is 4.90 Å². The number of carbonyl (C=O) groups is 1. The number of carbonyl (C=O) groups excluding carboxylic acids is 1. The van der Waals surface area contributed by atoms with Gasteiger partial charge in [-0.1, -0.05) is 23.4 Å². The van der Waals surface area contributed by atoms with Crippen LogP contribution in [0.5, 0.6) is 0 Å². The van der Waals surface area contributed by atoms with E-state index in [0.717, 1.165) is 23.1 Å². The lowest BCUT2D eigenvalue weighted by atomic mass is 10.3. The van der Waals surface area contributed by atoms with Crippen LogP contribution in [-0.4, -0.2) is 70.3 Å². The monoisotopic (exact) mass is 496 g/mol. The Balaban J connectivity index is 1.44. The molecule has 3 aromatic rings. The second kappa shape index (κ2) is 9.32. The van der Waals surface area contributed by atoms with E-state index in [2.05, 4.69) is 20.4 Å². The minimum atomic E-state index is -3.79. The number of fused-ring (bicyclic) bond motifs is 1. The Hall–Kier alpha value is -2.25. The molecule has 32 heavy (non-hydrogen) atoms. The van der Waals surface area contributed by atoms with Crippen molar-refractivity contribution in [1.29, 1.82) is 0 Å². The molecule has 4 rings (SSSR count). The van der Waals surface area contributed by atoms with E-state index in [1.807, 2.05) is 19.9 Å². The van der Waals surface area contributed by atoms with Crippen LogP contribution in [0.25, 0.3) is 5.78 Å². The third-order valence-electron chi connectivity index (χ3n) is 4.73. The number of benzene rings is 1. The molecule has 0 bridgehead atoms. The van der Waals surface area contributed by atoms with Crippen molar-refractivity contribution < 1.29 is 17.9 Å². The number of sulfonamides is 1. The van der Waals surface area contributed by atoms with Crippen molar-refractivity contribution in [2.24, 2.45) is 0 Å². The van der Waals surface area contributed by atoms with E-state index in [4.69, 9.17) is 16.3 Å². The van der Waals surface area contributed by atoms with Gasteiger partial charge in [-0.05, 0) is 38.1 Å². The van der Waals surface area contributed by atoms with Gasteiger partial charge in [-0.3, -0.25) is 4.79 Å². The van der Waals surface area contributed by atoms with Gasteiger partial charge in [0, 0.05) is 30.2 Å². The topological polar surface area (TPSA) is 119 Å². The Kier molecular flexibility index (Phi) is 6.67. The molecule has 0 aliphatic carbocycles. The molecule has 0 spiro atoms. The summed E-state index contributed by atoms with van der Waals surface area (Å²) in [4.78, 5) is 21.1. The van der Waals surface area contributed by atoms with Crippen molar-refractivity contribution in [2.75, 3.05) is 37.4 Å². The predicted molar refractivity (Wildman–Crippen MR) is 121 cm³/mol. The number of thioether (sulfide) groups is 1. The van der Waals surface area contributed by atoms with E-state index in [-0.39, 0.29) is 34.7 Å². The summed E-state index contributed by atoms with van der Waals surface area (Å²) in [7, 11) is -3.79. The van der Waals surface area contributed by atoms with Crippen molar-refractivity contribution in [1.82, 2.24) is 23.9 Å². The molecule has 10 nitrogen and oxygen atoms in total. The Morgan fingerprint density at radius 3 is 2.72 bits per heavy atom. The van der Waals surface area contributed by atoms with E-state index in [1.165, 1.54) is 16.4 Å². The van der Waals surface area contributed by atoms with Crippen molar-refractivity contribution in [3.8, 4) is 0 Å². The molecule has 1 fully saturated rings. The normalized spacial score (nSPS) is 15.2. The maximum atomic E-state index is 12.9. The van der Waals surface area contributed by atoms with Gasteiger partial charge in [0.15, 0.2) is 0 Å². The van der Waals surface area contributed by atoms with Crippen LogP contribution in [0, 0.1) is 13.8 Å². The zero-order valence-electron chi connectivity index (χ0n) is 17.4. The molecule has 1 N–H and O–H groups in total. The molecule has 170 valence electrons. The summed E-state index contributed by atoms with van der Waals surface area (Å²) < 4.78 is 34.0. The molecule has 0 atom stereocenters. The Morgan fingerprint density at radius 1 is 1.22 bits per heavy atom. The Labute approximate surface area is 194 Å². The van der Waals surface area contributed by atoms with Crippen LogP contribution < -0.4 is 5.32 Å². The quantitative estimate of drug-likeness (QED) is 0.515. The van der Waals surface area contributed by atoms with Crippen molar-refractivity contribution in [3.63, 3.8) is 0 Å². The number of rotatable bonds is 6. The van der Waals surface area contributed by atoms with E-state index < -0.39 is 10.0 Å². The zero-order valence-corrected chi connectivity index (χ0v) is 19.8. The van der Waals surface area contributed by atoms with Gasteiger partial charge in [-0.25, -0.2) is 17.9 Å². The van der Waals surface area contributed by atoms with Crippen LogP contribution in [0.4, 0.5) is 5.69 Å². The van der Waals surface area contributed by atoms with Gasteiger partial charge in [-0.2, -0.15) is 9.29 Å². The summed E-state index contributed by atoms with van der Waals surface area (Å²) in [5.41, 5.74) is 2.07. The number of nitrogens with zero attached hydrogens (tertiary/aromatic N) is 5. The van der Waals surface area contributed by atoms with Crippen LogP contribution in [0.3, 0.4) is 0 Å². The summed E-state index contributed by atoms with van der Waals surface area (Å²) in [6, 6.07) is 6.28. The first-order valence-electron chi connectivity index (χ1n) is 9.75. The fourth-order valence-corrected chi connectivity index (χ4v) is 5.77. The molecular weight excluding hydrogens is 476 g/mol. The molecule has 1 aliphatic rings. The summed E-state index contributed by atoms with van der Waals surface area (Å²) in [6.07, 6.45) is 0. The molecule has 1 saturated heterocycles. The fraction of sp³-hybridized carbons (Fsp3) is 0.368. The molecule has 1 aliphatic heterocycles. The number of halogens is 1. The van der Waals surface area contributed by atoms with E-state index in [9.17, 15) is 13.2 Å². The van der Waals surface area contributed by atoms with Crippen molar-refractivity contribution in [3.05, 3.63) is 40.7 Å². The van der Waals surface area contributed by atoms with Gasteiger partial charge in [0.25, 0.3) is 5.78 Å².